The molecule has 0 aliphatic rings. The number of benzene rings is 1. The van der Waals surface area contributed by atoms with Crippen molar-refractivity contribution in [1.82, 2.24) is 9.88 Å². The molecule has 3 N–H and O–H groups in total. The van der Waals surface area contributed by atoms with E-state index in [1.165, 1.54) is 0 Å². The first-order valence-corrected chi connectivity index (χ1v) is 6.96. The quantitative estimate of drug-likeness (QED) is 0.890. The summed E-state index contributed by atoms with van der Waals surface area (Å²) in [5, 5.41) is 3.61. The minimum absolute atomic E-state index is 0.106. The highest BCUT2D eigenvalue weighted by Crippen LogP contribution is 2.12. The number of amides is 1. The van der Waals surface area contributed by atoms with Crippen LogP contribution < -0.4 is 11.1 Å². The van der Waals surface area contributed by atoms with Crippen LogP contribution in [0.1, 0.15) is 23.0 Å². The lowest BCUT2D eigenvalue weighted by Gasteiger charge is -2.08. The molecule has 4 nitrogen and oxygen atoms in total. The molecule has 0 fully saturated rings. The molecular formula is C15H18ClN3O. The highest BCUT2D eigenvalue weighted by molar-refractivity contribution is 6.30. The van der Waals surface area contributed by atoms with E-state index in [0.717, 1.165) is 12.0 Å². The molecule has 0 aliphatic heterocycles. The molecule has 0 aliphatic carbocycles. The smallest absolute Gasteiger partial charge is 0.267 e. The Balaban J connectivity index is 1.92. The summed E-state index contributed by atoms with van der Waals surface area (Å²) in [4.78, 5) is 12.1. The topological polar surface area (TPSA) is 60.0 Å². The molecule has 20 heavy (non-hydrogen) atoms. The van der Waals surface area contributed by atoms with Crippen molar-refractivity contribution in [2.45, 2.75) is 19.9 Å². The summed E-state index contributed by atoms with van der Waals surface area (Å²) < 4.78 is 1.84. The second kappa shape index (κ2) is 6.48. The molecule has 1 amide bonds. The van der Waals surface area contributed by atoms with Crippen LogP contribution in [-0.4, -0.2) is 17.0 Å². The summed E-state index contributed by atoms with van der Waals surface area (Å²) in [6.07, 6.45) is 2.51. The third kappa shape index (κ3) is 3.54. The fourth-order valence-corrected chi connectivity index (χ4v) is 2.30. The van der Waals surface area contributed by atoms with E-state index in [1.807, 2.05) is 35.8 Å². The van der Waals surface area contributed by atoms with Crippen molar-refractivity contribution in [2.75, 3.05) is 12.3 Å². The number of anilines is 1. The van der Waals surface area contributed by atoms with Gasteiger partial charge in [-0.3, -0.25) is 4.79 Å². The zero-order valence-electron chi connectivity index (χ0n) is 11.4. The van der Waals surface area contributed by atoms with E-state index in [0.29, 0.717) is 29.5 Å². The summed E-state index contributed by atoms with van der Waals surface area (Å²) in [5.41, 5.74) is 8.01. The first-order valence-electron chi connectivity index (χ1n) is 6.58. The highest BCUT2D eigenvalue weighted by Gasteiger charge is 2.11. The summed E-state index contributed by atoms with van der Waals surface area (Å²) in [7, 11) is 0. The minimum atomic E-state index is -0.106. The Bertz CT molecular complexity index is 607. The number of hydrogen-bond acceptors (Lipinski definition) is 2. The molecule has 2 rings (SSSR count). The van der Waals surface area contributed by atoms with E-state index in [-0.39, 0.29) is 5.91 Å². The number of nitrogens with two attached hydrogens (primary N) is 1. The first-order chi connectivity index (χ1) is 9.60. The van der Waals surface area contributed by atoms with Crippen LogP contribution in [0.2, 0.25) is 5.02 Å². The van der Waals surface area contributed by atoms with Crippen LogP contribution in [-0.2, 0) is 13.0 Å². The molecule has 5 heteroatoms. The molecule has 106 valence electrons. The molecule has 0 saturated carbocycles. The Morgan fingerprint density at radius 3 is 2.90 bits per heavy atom. The molecule has 1 heterocycles. The van der Waals surface area contributed by atoms with Crippen LogP contribution in [0.15, 0.2) is 36.5 Å². The molecule has 1 aromatic carbocycles. The predicted molar refractivity (Wildman–Crippen MR) is 82.0 cm³/mol. The summed E-state index contributed by atoms with van der Waals surface area (Å²) in [6.45, 7) is 3.25. The van der Waals surface area contributed by atoms with Gasteiger partial charge in [0.15, 0.2) is 0 Å². The van der Waals surface area contributed by atoms with Gasteiger partial charge < -0.3 is 15.6 Å². The number of rotatable bonds is 5. The number of halogens is 1. The number of nitrogens with zero attached hydrogens (tertiary/aromatic N) is 1. The Kier molecular flexibility index (Phi) is 4.69. The Labute approximate surface area is 123 Å². The van der Waals surface area contributed by atoms with Crippen molar-refractivity contribution in [1.29, 1.82) is 0 Å². The van der Waals surface area contributed by atoms with Gasteiger partial charge in [-0.2, -0.15) is 0 Å². The lowest BCUT2D eigenvalue weighted by atomic mass is 10.1. The van der Waals surface area contributed by atoms with Gasteiger partial charge in [0.1, 0.15) is 5.69 Å². The lowest BCUT2D eigenvalue weighted by molar-refractivity contribution is 0.0945. The number of nitrogen functional groups attached to an aromatic ring is 1. The number of nitrogens with one attached hydrogen (secondary N) is 1. The van der Waals surface area contributed by atoms with E-state index < -0.39 is 0 Å². The van der Waals surface area contributed by atoms with Crippen LogP contribution in [0.25, 0.3) is 0 Å². The van der Waals surface area contributed by atoms with Crippen molar-refractivity contribution in [3.05, 3.63) is 52.8 Å². The van der Waals surface area contributed by atoms with Crippen LogP contribution in [0.5, 0.6) is 0 Å². The van der Waals surface area contributed by atoms with Crippen molar-refractivity contribution >= 4 is 23.2 Å². The van der Waals surface area contributed by atoms with Crippen LogP contribution in [0, 0.1) is 0 Å². The average molecular weight is 292 g/mol. The number of carbonyl (C=O) groups excluding carboxylic acids is 1. The summed E-state index contributed by atoms with van der Waals surface area (Å²) in [6, 6.07) is 9.33. The molecule has 0 radical (unpaired) electrons. The average Bonchev–Trinajstić information content (AvgIpc) is 2.80. The fourth-order valence-electron chi connectivity index (χ4n) is 2.09. The Morgan fingerprint density at radius 2 is 2.20 bits per heavy atom. The third-order valence-electron chi connectivity index (χ3n) is 3.08. The molecule has 0 spiro atoms. The molecule has 0 bridgehead atoms. The minimum Gasteiger partial charge on any atom is -0.397 e. The van der Waals surface area contributed by atoms with Gasteiger partial charge in [0.25, 0.3) is 5.91 Å². The molecule has 0 saturated heterocycles. The summed E-state index contributed by atoms with van der Waals surface area (Å²) >= 11 is 5.92. The van der Waals surface area contributed by atoms with E-state index in [9.17, 15) is 4.79 Å². The maximum Gasteiger partial charge on any atom is 0.267 e. The Morgan fingerprint density at radius 1 is 1.40 bits per heavy atom. The van der Waals surface area contributed by atoms with Gasteiger partial charge in [-0.1, -0.05) is 23.7 Å². The van der Waals surface area contributed by atoms with E-state index >= 15 is 0 Å². The van der Waals surface area contributed by atoms with Crippen LogP contribution in [0.4, 0.5) is 5.69 Å². The predicted octanol–water partition coefficient (Wildman–Crippen LogP) is 2.72. The number of aromatic nitrogens is 1. The van der Waals surface area contributed by atoms with Gasteiger partial charge in [0, 0.05) is 24.3 Å². The standard InChI is InChI=1S/C15H18ClN3O/c1-2-19-10-13(17)9-14(19)15(20)18-7-6-11-4-3-5-12(16)8-11/h3-5,8-10H,2,6-7,17H2,1H3,(H,18,20). The van der Waals surface area contributed by atoms with Gasteiger partial charge in [-0.25, -0.2) is 0 Å². The maximum absolute atomic E-state index is 12.1. The van der Waals surface area contributed by atoms with Gasteiger partial charge in [0.2, 0.25) is 0 Å². The summed E-state index contributed by atoms with van der Waals surface area (Å²) in [5.74, 6) is -0.106. The van der Waals surface area contributed by atoms with Crippen molar-refractivity contribution in [2.24, 2.45) is 0 Å². The van der Waals surface area contributed by atoms with E-state index in [2.05, 4.69) is 5.32 Å². The van der Waals surface area contributed by atoms with Crippen molar-refractivity contribution in [3.63, 3.8) is 0 Å². The first kappa shape index (κ1) is 14.5. The van der Waals surface area contributed by atoms with Gasteiger partial charge in [0.05, 0.1) is 5.69 Å². The number of carbonyl (C=O) groups is 1. The molecule has 0 atom stereocenters. The highest BCUT2D eigenvalue weighted by atomic mass is 35.5. The zero-order valence-corrected chi connectivity index (χ0v) is 12.2. The largest absolute Gasteiger partial charge is 0.397 e. The molecule has 2 aromatic rings. The third-order valence-corrected chi connectivity index (χ3v) is 3.31. The molecular weight excluding hydrogens is 274 g/mol. The second-order valence-corrected chi connectivity index (χ2v) is 5.02. The van der Waals surface area contributed by atoms with Crippen LogP contribution >= 0.6 is 11.6 Å². The van der Waals surface area contributed by atoms with Gasteiger partial charge >= 0.3 is 0 Å². The van der Waals surface area contributed by atoms with Gasteiger partial charge in [-0.05, 0) is 37.1 Å². The van der Waals surface area contributed by atoms with Crippen LogP contribution in [0.3, 0.4) is 0 Å². The zero-order chi connectivity index (χ0) is 14.5. The van der Waals surface area contributed by atoms with Crippen molar-refractivity contribution < 1.29 is 4.79 Å². The maximum atomic E-state index is 12.1. The van der Waals surface area contributed by atoms with Gasteiger partial charge in [-0.15, -0.1) is 0 Å². The molecule has 0 unspecified atom stereocenters. The van der Waals surface area contributed by atoms with Crippen molar-refractivity contribution in [3.8, 4) is 0 Å². The number of hydrogen-bond donors (Lipinski definition) is 2. The lowest BCUT2D eigenvalue weighted by Crippen LogP contribution is -2.27. The van der Waals surface area contributed by atoms with E-state index in [4.69, 9.17) is 17.3 Å². The Hall–Kier alpha value is -1.94. The molecule has 1 aromatic heterocycles. The number of aryl methyl sites for hydroxylation is 1. The monoisotopic (exact) mass is 291 g/mol. The normalized spacial score (nSPS) is 10.5. The van der Waals surface area contributed by atoms with E-state index in [1.54, 1.807) is 12.3 Å². The second-order valence-electron chi connectivity index (χ2n) is 4.58. The fraction of sp³-hybridized carbons (Fsp3) is 0.267. The SMILES string of the molecule is CCn1cc(N)cc1C(=O)NCCc1cccc(Cl)c1.